The van der Waals surface area contributed by atoms with Crippen molar-refractivity contribution >= 4 is 5.91 Å². The molecule has 3 atom stereocenters. The highest BCUT2D eigenvalue weighted by molar-refractivity contribution is 5.81. The minimum atomic E-state index is -0.424. The Morgan fingerprint density at radius 3 is 2.79 bits per heavy atom. The van der Waals surface area contributed by atoms with Crippen LogP contribution in [0.2, 0.25) is 0 Å². The Kier molecular flexibility index (Phi) is 5.25. The van der Waals surface area contributed by atoms with Crippen LogP contribution in [0, 0.1) is 13.8 Å². The maximum atomic E-state index is 12.9. The fraction of sp³-hybridized carbons (Fsp3) is 0.778. The molecule has 0 saturated carbocycles. The number of carbonyl (C=O) groups is 1. The van der Waals surface area contributed by atoms with Gasteiger partial charge in [-0.15, -0.1) is 0 Å². The van der Waals surface area contributed by atoms with Crippen LogP contribution in [-0.2, 0) is 21.3 Å². The molecular weight excluding hydrogens is 306 g/mol. The first kappa shape index (κ1) is 17.4. The van der Waals surface area contributed by atoms with Crippen molar-refractivity contribution in [3.8, 4) is 0 Å². The second-order valence-electron chi connectivity index (χ2n) is 7.01. The van der Waals surface area contributed by atoms with Crippen molar-refractivity contribution in [1.82, 2.24) is 14.7 Å². The zero-order chi connectivity index (χ0) is 17.3. The molecule has 0 unspecified atom stereocenters. The standard InChI is InChI=1S/C18H29N3O3/c1-12-17(13(2)20(4)19-12)16-8-5-9-21(16)18(22)14(3)24-11-15-7-6-10-23-15/h14-16H,5-11H2,1-4H3/t14-,15-,16+/m1/s1. The zero-order valence-electron chi connectivity index (χ0n) is 15.2. The number of ether oxygens (including phenoxy) is 2. The minimum absolute atomic E-state index is 0.0816. The number of hydrogen-bond donors (Lipinski definition) is 0. The molecule has 0 radical (unpaired) electrons. The van der Waals surface area contributed by atoms with E-state index in [-0.39, 0.29) is 18.1 Å². The van der Waals surface area contributed by atoms with E-state index in [9.17, 15) is 4.79 Å². The molecule has 2 aliphatic rings. The first-order chi connectivity index (χ1) is 11.5. The summed E-state index contributed by atoms with van der Waals surface area (Å²) in [7, 11) is 1.96. The fourth-order valence-corrected chi connectivity index (χ4v) is 3.94. The molecule has 0 N–H and O–H groups in total. The van der Waals surface area contributed by atoms with Crippen LogP contribution >= 0.6 is 0 Å². The van der Waals surface area contributed by atoms with Crippen LogP contribution in [0.4, 0.5) is 0 Å². The molecule has 2 aliphatic heterocycles. The fourth-order valence-electron chi connectivity index (χ4n) is 3.94. The Morgan fingerprint density at radius 1 is 1.38 bits per heavy atom. The molecule has 134 valence electrons. The molecule has 1 aromatic rings. The molecule has 0 aliphatic carbocycles. The number of aromatic nitrogens is 2. The number of hydrogen-bond acceptors (Lipinski definition) is 4. The largest absolute Gasteiger partial charge is 0.376 e. The van der Waals surface area contributed by atoms with Crippen molar-refractivity contribution in [2.45, 2.75) is 64.7 Å². The molecule has 2 saturated heterocycles. The molecule has 1 aromatic heterocycles. The number of carbonyl (C=O) groups excluding carboxylic acids is 1. The Morgan fingerprint density at radius 2 is 2.17 bits per heavy atom. The van der Waals surface area contributed by atoms with Crippen molar-refractivity contribution in [2.75, 3.05) is 19.8 Å². The van der Waals surface area contributed by atoms with Gasteiger partial charge < -0.3 is 14.4 Å². The molecule has 3 heterocycles. The Hall–Kier alpha value is -1.40. The molecule has 2 fully saturated rings. The summed E-state index contributed by atoms with van der Waals surface area (Å²) in [6.07, 6.45) is 3.87. The number of rotatable bonds is 5. The summed E-state index contributed by atoms with van der Waals surface area (Å²) in [6.45, 7) is 8.08. The average Bonchev–Trinajstić information content (AvgIpc) is 3.27. The summed E-state index contributed by atoms with van der Waals surface area (Å²) >= 11 is 0. The van der Waals surface area contributed by atoms with Crippen molar-refractivity contribution in [2.24, 2.45) is 7.05 Å². The van der Waals surface area contributed by atoms with Crippen LogP contribution in [0.15, 0.2) is 0 Å². The highest BCUT2D eigenvalue weighted by Crippen LogP contribution is 2.36. The van der Waals surface area contributed by atoms with Gasteiger partial charge in [-0.05, 0) is 46.5 Å². The van der Waals surface area contributed by atoms with Crippen LogP contribution < -0.4 is 0 Å². The van der Waals surface area contributed by atoms with Crippen molar-refractivity contribution in [3.63, 3.8) is 0 Å². The second kappa shape index (κ2) is 7.23. The van der Waals surface area contributed by atoms with Gasteiger partial charge in [0.05, 0.1) is 24.4 Å². The van der Waals surface area contributed by atoms with Gasteiger partial charge in [0.25, 0.3) is 5.91 Å². The van der Waals surface area contributed by atoms with Gasteiger partial charge in [-0.2, -0.15) is 5.10 Å². The van der Waals surface area contributed by atoms with Gasteiger partial charge in [-0.25, -0.2) is 0 Å². The second-order valence-corrected chi connectivity index (χ2v) is 7.01. The van der Waals surface area contributed by atoms with Gasteiger partial charge in [-0.1, -0.05) is 0 Å². The molecule has 3 rings (SSSR count). The van der Waals surface area contributed by atoms with E-state index >= 15 is 0 Å². The van der Waals surface area contributed by atoms with Gasteiger partial charge in [0.1, 0.15) is 6.10 Å². The summed E-state index contributed by atoms with van der Waals surface area (Å²) in [5, 5.41) is 4.51. The van der Waals surface area contributed by atoms with Crippen molar-refractivity contribution < 1.29 is 14.3 Å². The van der Waals surface area contributed by atoms with Gasteiger partial charge in [-0.3, -0.25) is 9.48 Å². The quantitative estimate of drug-likeness (QED) is 0.828. The molecule has 6 nitrogen and oxygen atoms in total. The van der Waals surface area contributed by atoms with Gasteiger partial charge >= 0.3 is 0 Å². The number of likely N-dealkylation sites (tertiary alicyclic amines) is 1. The normalized spacial score (nSPS) is 25.4. The van der Waals surface area contributed by atoms with E-state index in [4.69, 9.17) is 9.47 Å². The Bertz CT molecular complexity index is 593. The topological polar surface area (TPSA) is 56.6 Å². The highest BCUT2D eigenvalue weighted by Gasteiger charge is 2.35. The number of aryl methyl sites for hydroxylation is 2. The zero-order valence-corrected chi connectivity index (χ0v) is 15.2. The lowest BCUT2D eigenvalue weighted by Gasteiger charge is -2.28. The third-order valence-electron chi connectivity index (χ3n) is 5.34. The summed E-state index contributed by atoms with van der Waals surface area (Å²) in [5.41, 5.74) is 3.37. The van der Waals surface area contributed by atoms with Crippen molar-refractivity contribution in [3.05, 3.63) is 17.0 Å². The first-order valence-electron chi connectivity index (χ1n) is 9.02. The average molecular weight is 335 g/mol. The first-order valence-corrected chi connectivity index (χ1v) is 9.02. The minimum Gasteiger partial charge on any atom is -0.376 e. The van der Waals surface area contributed by atoms with E-state index in [0.29, 0.717) is 6.61 Å². The van der Waals surface area contributed by atoms with Crippen LogP contribution in [0.3, 0.4) is 0 Å². The van der Waals surface area contributed by atoms with E-state index in [2.05, 4.69) is 12.0 Å². The molecule has 0 aromatic carbocycles. The Balaban J connectivity index is 1.66. The van der Waals surface area contributed by atoms with E-state index in [1.165, 1.54) is 5.56 Å². The number of nitrogens with zero attached hydrogens (tertiary/aromatic N) is 3. The molecule has 0 spiro atoms. The lowest BCUT2D eigenvalue weighted by atomic mass is 10.0. The van der Waals surface area contributed by atoms with E-state index in [0.717, 1.165) is 50.2 Å². The summed E-state index contributed by atoms with van der Waals surface area (Å²) in [5.74, 6) is 0.0816. The van der Waals surface area contributed by atoms with Gasteiger partial charge in [0, 0.05) is 31.5 Å². The molecular formula is C18H29N3O3. The van der Waals surface area contributed by atoms with E-state index < -0.39 is 6.10 Å². The molecule has 1 amide bonds. The van der Waals surface area contributed by atoms with E-state index in [1.807, 2.05) is 30.5 Å². The van der Waals surface area contributed by atoms with Gasteiger partial charge in [0.15, 0.2) is 0 Å². The lowest BCUT2D eigenvalue weighted by molar-refractivity contribution is -0.145. The van der Waals surface area contributed by atoms with Crippen molar-refractivity contribution in [1.29, 1.82) is 0 Å². The number of amides is 1. The highest BCUT2D eigenvalue weighted by atomic mass is 16.5. The SMILES string of the molecule is Cc1nn(C)c(C)c1[C@@H]1CCCN1C(=O)[C@@H](C)OC[C@H]1CCCO1. The summed E-state index contributed by atoms with van der Waals surface area (Å²) < 4.78 is 13.3. The Labute approximate surface area is 144 Å². The molecule has 24 heavy (non-hydrogen) atoms. The third-order valence-corrected chi connectivity index (χ3v) is 5.34. The van der Waals surface area contributed by atoms with Crippen LogP contribution in [-0.4, -0.2) is 52.6 Å². The van der Waals surface area contributed by atoms with E-state index in [1.54, 1.807) is 0 Å². The van der Waals surface area contributed by atoms with Gasteiger partial charge in [0.2, 0.25) is 0 Å². The smallest absolute Gasteiger partial charge is 0.251 e. The molecule has 6 heteroatoms. The predicted octanol–water partition coefficient (Wildman–Crippen LogP) is 2.28. The lowest BCUT2D eigenvalue weighted by Crippen LogP contribution is -2.39. The van der Waals surface area contributed by atoms with Crippen LogP contribution in [0.25, 0.3) is 0 Å². The third kappa shape index (κ3) is 3.35. The molecule has 0 bridgehead atoms. The predicted molar refractivity (Wildman–Crippen MR) is 90.8 cm³/mol. The summed E-state index contributed by atoms with van der Waals surface area (Å²) in [6, 6.07) is 0.125. The maximum absolute atomic E-state index is 12.9. The maximum Gasteiger partial charge on any atom is 0.251 e. The van der Waals surface area contributed by atoms with Crippen LogP contribution in [0.5, 0.6) is 0 Å². The summed E-state index contributed by atoms with van der Waals surface area (Å²) in [4.78, 5) is 14.9. The monoisotopic (exact) mass is 335 g/mol. The van der Waals surface area contributed by atoms with Crippen LogP contribution in [0.1, 0.15) is 55.6 Å².